The summed E-state index contributed by atoms with van der Waals surface area (Å²) in [6, 6.07) is 0. The fourth-order valence-electron chi connectivity index (χ4n) is 0.944. The summed E-state index contributed by atoms with van der Waals surface area (Å²) < 4.78 is 4.70. The van der Waals surface area contributed by atoms with E-state index in [1.165, 1.54) is 5.56 Å². The highest BCUT2D eigenvalue weighted by Gasteiger charge is 1.93. The van der Waals surface area contributed by atoms with Gasteiger partial charge in [0.05, 0.1) is 6.20 Å². The second-order valence-electron chi connectivity index (χ2n) is 2.49. The third-order valence-corrected chi connectivity index (χ3v) is 1.55. The van der Waals surface area contributed by atoms with Gasteiger partial charge in [-0.05, 0) is 25.9 Å². The van der Waals surface area contributed by atoms with Crippen LogP contribution in [0.25, 0.3) is 0 Å². The van der Waals surface area contributed by atoms with Gasteiger partial charge < -0.3 is 9.84 Å². The molecule has 1 N–H and O–H groups in total. The van der Waals surface area contributed by atoms with Crippen molar-refractivity contribution in [3.63, 3.8) is 0 Å². The molecule has 0 saturated carbocycles. The van der Waals surface area contributed by atoms with Crippen LogP contribution in [0.2, 0.25) is 0 Å². The van der Waals surface area contributed by atoms with Gasteiger partial charge in [0.1, 0.15) is 6.26 Å². The van der Waals surface area contributed by atoms with E-state index in [-0.39, 0.29) is 0 Å². The van der Waals surface area contributed by atoms with Gasteiger partial charge in [0.2, 0.25) is 0 Å². The lowest BCUT2D eigenvalue weighted by atomic mass is 10.2. The summed E-state index contributed by atoms with van der Waals surface area (Å²) in [6.45, 7) is 4.23. The van der Waals surface area contributed by atoms with Gasteiger partial charge in [-0.2, -0.15) is 0 Å². The molecule has 1 aromatic heterocycles. The van der Waals surface area contributed by atoms with Crippen molar-refractivity contribution in [1.82, 2.24) is 10.5 Å². The quantitative estimate of drug-likeness (QED) is 0.648. The first-order chi connectivity index (χ1) is 5.43. The molecular formula is C8H14N2O. The van der Waals surface area contributed by atoms with Crippen LogP contribution < -0.4 is 5.32 Å². The van der Waals surface area contributed by atoms with Crippen LogP contribution in [0.5, 0.6) is 0 Å². The Kier molecular flexibility index (Phi) is 3.69. The van der Waals surface area contributed by atoms with Gasteiger partial charge in [0.25, 0.3) is 0 Å². The van der Waals surface area contributed by atoms with E-state index in [0.29, 0.717) is 0 Å². The average molecular weight is 154 g/mol. The van der Waals surface area contributed by atoms with Crippen LogP contribution in [0.1, 0.15) is 18.9 Å². The first-order valence-corrected chi connectivity index (χ1v) is 4.02. The summed E-state index contributed by atoms with van der Waals surface area (Å²) in [4.78, 5) is 0. The number of nitrogens with zero attached hydrogens (tertiary/aromatic N) is 1. The van der Waals surface area contributed by atoms with E-state index < -0.39 is 0 Å². The van der Waals surface area contributed by atoms with Crippen molar-refractivity contribution < 1.29 is 4.52 Å². The van der Waals surface area contributed by atoms with Crippen molar-refractivity contribution in [2.24, 2.45) is 0 Å². The van der Waals surface area contributed by atoms with Crippen LogP contribution in [0.3, 0.4) is 0 Å². The van der Waals surface area contributed by atoms with Gasteiger partial charge in [-0.1, -0.05) is 12.1 Å². The lowest BCUT2D eigenvalue weighted by Gasteiger charge is -1.97. The van der Waals surface area contributed by atoms with Crippen LogP contribution in [0.4, 0.5) is 0 Å². The molecule has 0 unspecified atom stereocenters. The lowest BCUT2D eigenvalue weighted by molar-refractivity contribution is 0.418. The molecule has 0 saturated heterocycles. The normalized spacial score (nSPS) is 10.3. The molecule has 0 aliphatic carbocycles. The molecule has 3 nitrogen and oxygen atoms in total. The van der Waals surface area contributed by atoms with Crippen molar-refractivity contribution in [3.8, 4) is 0 Å². The summed E-state index contributed by atoms with van der Waals surface area (Å²) in [5.74, 6) is 0. The predicted molar refractivity (Wildman–Crippen MR) is 43.4 cm³/mol. The van der Waals surface area contributed by atoms with Crippen LogP contribution in [0, 0.1) is 0 Å². The van der Waals surface area contributed by atoms with Gasteiger partial charge in [0, 0.05) is 5.56 Å². The smallest absolute Gasteiger partial charge is 0.126 e. The molecule has 11 heavy (non-hydrogen) atoms. The zero-order chi connectivity index (χ0) is 7.94. The molecule has 3 heteroatoms. The zero-order valence-corrected chi connectivity index (χ0v) is 6.84. The summed E-state index contributed by atoms with van der Waals surface area (Å²) in [7, 11) is 0. The Morgan fingerprint density at radius 2 is 2.55 bits per heavy atom. The highest BCUT2D eigenvalue weighted by atomic mass is 16.5. The maximum Gasteiger partial charge on any atom is 0.126 e. The van der Waals surface area contributed by atoms with Crippen molar-refractivity contribution >= 4 is 0 Å². The second kappa shape index (κ2) is 4.91. The molecule has 0 amide bonds. The minimum absolute atomic E-state index is 1.05. The third kappa shape index (κ3) is 3.18. The largest absolute Gasteiger partial charge is 0.364 e. The molecule has 0 fully saturated rings. The molecule has 1 aromatic rings. The molecule has 1 rings (SSSR count). The monoisotopic (exact) mass is 154 g/mol. The van der Waals surface area contributed by atoms with Crippen molar-refractivity contribution in [2.45, 2.75) is 19.8 Å². The number of hydrogen-bond acceptors (Lipinski definition) is 3. The summed E-state index contributed by atoms with van der Waals surface area (Å²) in [6.07, 6.45) is 5.67. The van der Waals surface area contributed by atoms with E-state index in [2.05, 4.69) is 17.4 Å². The number of rotatable bonds is 5. The average Bonchev–Trinajstić information content (AvgIpc) is 2.50. The topological polar surface area (TPSA) is 38.1 Å². The molecule has 0 aliphatic heterocycles. The molecule has 0 aliphatic rings. The van der Waals surface area contributed by atoms with Gasteiger partial charge in [-0.3, -0.25) is 0 Å². The zero-order valence-electron chi connectivity index (χ0n) is 6.84. The van der Waals surface area contributed by atoms with Crippen molar-refractivity contribution in [3.05, 3.63) is 18.0 Å². The fraction of sp³-hybridized carbons (Fsp3) is 0.625. The van der Waals surface area contributed by atoms with E-state index in [4.69, 9.17) is 4.52 Å². The van der Waals surface area contributed by atoms with Gasteiger partial charge in [0.15, 0.2) is 0 Å². The molecule has 0 bridgehead atoms. The molecular weight excluding hydrogens is 140 g/mol. The van der Waals surface area contributed by atoms with Gasteiger partial charge >= 0.3 is 0 Å². The molecule has 0 atom stereocenters. The van der Waals surface area contributed by atoms with Crippen LogP contribution in [-0.4, -0.2) is 18.2 Å². The van der Waals surface area contributed by atoms with Crippen LogP contribution >= 0.6 is 0 Å². The third-order valence-electron chi connectivity index (χ3n) is 1.55. The molecule has 0 spiro atoms. The van der Waals surface area contributed by atoms with Crippen LogP contribution in [-0.2, 0) is 6.42 Å². The number of aryl methyl sites for hydroxylation is 1. The number of nitrogens with one attached hydrogen (secondary N) is 1. The lowest BCUT2D eigenvalue weighted by Crippen LogP contribution is -2.14. The fourth-order valence-corrected chi connectivity index (χ4v) is 0.944. The molecule has 62 valence electrons. The number of hydrogen-bond donors (Lipinski definition) is 1. The minimum Gasteiger partial charge on any atom is -0.364 e. The van der Waals surface area contributed by atoms with Crippen molar-refractivity contribution in [1.29, 1.82) is 0 Å². The Labute approximate surface area is 66.8 Å². The highest BCUT2D eigenvalue weighted by molar-refractivity contribution is 4.99. The SMILES string of the molecule is CCNCCCc1cnoc1. The molecule has 0 aromatic carbocycles. The van der Waals surface area contributed by atoms with Gasteiger partial charge in [-0.25, -0.2) is 0 Å². The van der Waals surface area contributed by atoms with E-state index in [0.717, 1.165) is 25.9 Å². The maximum absolute atomic E-state index is 4.70. The first-order valence-electron chi connectivity index (χ1n) is 4.02. The van der Waals surface area contributed by atoms with Gasteiger partial charge in [-0.15, -0.1) is 0 Å². The molecule has 0 radical (unpaired) electrons. The van der Waals surface area contributed by atoms with Crippen LogP contribution in [0.15, 0.2) is 17.0 Å². The Hall–Kier alpha value is -0.830. The molecule has 1 heterocycles. The van der Waals surface area contributed by atoms with E-state index in [1.807, 2.05) is 0 Å². The first kappa shape index (κ1) is 8.27. The van der Waals surface area contributed by atoms with E-state index >= 15 is 0 Å². The Bertz CT molecular complexity index is 172. The highest BCUT2D eigenvalue weighted by Crippen LogP contribution is 1.99. The Morgan fingerprint density at radius 1 is 1.64 bits per heavy atom. The second-order valence-corrected chi connectivity index (χ2v) is 2.49. The maximum atomic E-state index is 4.70. The minimum atomic E-state index is 1.05. The summed E-state index contributed by atoms with van der Waals surface area (Å²) in [5.41, 5.74) is 1.18. The standard InChI is InChI=1S/C8H14N2O/c1-2-9-5-3-4-8-6-10-11-7-8/h6-7,9H,2-5H2,1H3. The summed E-state index contributed by atoms with van der Waals surface area (Å²) >= 11 is 0. The van der Waals surface area contributed by atoms with Crippen molar-refractivity contribution in [2.75, 3.05) is 13.1 Å². The van der Waals surface area contributed by atoms with E-state index in [9.17, 15) is 0 Å². The number of aromatic nitrogens is 1. The van der Waals surface area contributed by atoms with E-state index in [1.54, 1.807) is 12.5 Å². The Balaban J connectivity index is 2.04. The predicted octanol–water partition coefficient (Wildman–Crippen LogP) is 1.22. The summed E-state index contributed by atoms with van der Waals surface area (Å²) in [5, 5.41) is 6.89. The Morgan fingerprint density at radius 3 is 3.18 bits per heavy atom.